The molecule has 1 aromatic heterocycles. The molecule has 0 saturated heterocycles. The first-order valence-corrected chi connectivity index (χ1v) is 6.31. The highest BCUT2D eigenvalue weighted by atomic mass is 79.9. The topological polar surface area (TPSA) is 38.1 Å². The summed E-state index contributed by atoms with van der Waals surface area (Å²) in [5.41, 5.74) is 3.33. The van der Waals surface area contributed by atoms with Crippen molar-refractivity contribution in [3.8, 4) is 11.4 Å². The SMILES string of the molecule is Cc1cccc(-c2nc(Br)c(CCO)n2C)c1. The van der Waals surface area contributed by atoms with Crippen LogP contribution in [-0.2, 0) is 13.5 Å². The number of aliphatic hydroxyl groups is 1. The molecule has 0 atom stereocenters. The second-order valence-electron chi connectivity index (χ2n) is 4.08. The molecule has 0 radical (unpaired) electrons. The van der Waals surface area contributed by atoms with E-state index in [9.17, 15) is 0 Å². The van der Waals surface area contributed by atoms with Gasteiger partial charge in [-0.3, -0.25) is 0 Å². The fraction of sp³-hybridized carbons (Fsp3) is 0.308. The molecular weight excluding hydrogens is 280 g/mol. The van der Waals surface area contributed by atoms with E-state index in [4.69, 9.17) is 5.11 Å². The lowest BCUT2D eigenvalue weighted by molar-refractivity contribution is 0.296. The van der Waals surface area contributed by atoms with Crippen LogP contribution in [0.2, 0.25) is 0 Å². The van der Waals surface area contributed by atoms with Crippen molar-refractivity contribution in [3.05, 3.63) is 40.1 Å². The summed E-state index contributed by atoms with van der Waals surface area (Å²) in [5, 5.41) is 9.03. The van der Waals surface area contributed by atoms with Gasteiger partial charge in [0.25, 0.3) is 0 Å². The van der Waals surface area contributed by atoms with Gasteiger partial charge in [-0.2, -0.15) is 0 Å². The number of halogens is 1. The largest absolute Gasteiger partial charge is 0.396 e. The molecule has 0 spiro atoms. The van der Waals surface area contributed by atoms with Crippen LogP contribution in [0.25, 0.3) is 11.4 Å². The maximum Gasteiger partial charge on any atom is 0.141 e. The van der Waals surface area contributed by atoms with Crippen LogP contribution < -0.4 is 0 Å². The first kappa shape index (κ1) is 12.3. The molecule has 0 aliphatic rings. The number of aliphatic hydroxyl groups excluding tert-OH is 1. The number of aryl methyl sites for hydroxylation is 1. The second kappa shape index (κ2) is 5.02. The van der Waals surface area contributed by atoms with Gasteiger partial charge in [-0.05, 0) is 28.9 Å². The summed E-state index contributed by atoms with van der Waals surface area (Å²) in [7, 11) is 1.97. The third kappa shape index (κ3) is 2.42. The van der Waals surface area contributed by atoms with Crippen molar-refractivity contribution in [1.29, 1.82) is 0 Å². The van der Waals surface area contributed by atoms with Gasteiger partial charge >= 0.3 is 0 Å². The van der Waals surface area contributed by atoms with E-state index in [0.717, 1.165) is 21.7 Å². The smallest absolute Gasteiger partial charge is 0.141 e. The van der Waals surface area contributed by atoms with Crippen molar-refractivity contribution in [2.45, 2.75) is 13.3 Å². The summed E-state index contributed by atoms with van der Waals surface area (Å²) < 4.78 is 2.83. The number of nitrogens with zero attached hydrogens (tertiary/aromatic N) is 2. The van der Waals surface area contributed by atoms with Crippen LogP contribution in [0, 0.1) is 6.92 Å². The summed E-state index contributed by atoms with van der Waals surface area (Å²) >= 11 is 3.44. The molecule has 0 aliphatic carbocycles. The van der Waals surface area contributed by atoms with Crippen LogP contribution in [0.1, 0.15) is 11.3 Å². The number of rotatable bonds is 3. The fourth-order valence-electron chi connectivity index (χ4n) is 1.92. The van der Waals surface area contributed by atoms with Gasteiger partial charge in [-0.1, -0.05) is 23.8 Å². The van der Waals surface area contributed by atoms with Crippen molar-refractivity contribution in [1.82, 2.24) is 9.55 Å². The van der Waals surface area contributed by atoms with Crippen LogP contribution in [0.5, 0.6) is 0 Å². The Bertz CT molecular complexity index is 534. The van der Waals surface area contributed by atoms with E-state index in [1.807, 2.05) is 23.7 Å². The molecule has 4 heteroatoms. The number of aromatic nitrogens is 2. The molecule has 0 bridgehead atoms. The number of imidazole rings is 1. The van der Waals surface area contributed by atoms with E-state index in [-0.39, 0.29) is 6.61 Å². The molecule has 0 fully saturated rings. The minimum absolute atomic E-state index is 0.130. The zero-order chi connectivity index (χ0) is 12.4. The molecule has 2 rings (SSSR count). The molecule has 17 heavy (non-hydrogen) atoms. The van der Waals surface area contributed by atoms with Crippen molar-refractivity contribution >= 4 is 15.9 Å². The fourth-order valence-corrected chi connectivity index (χ4v) is 2.55. The van der Waals surface area contributed by atoms with Crippen molar-refractivity contribution in [2.75, 3.05) is 6.61 Å². The minimum atomic E-state index is 0.130. The van der Waals surface area contributed by atoms with E-state index in [0.29, 0.717) is 6.42 Å². The first-order chi connectivity index (χ1) is 8.13. The average molecular weight is 295 g/mol. The normalized spacial score (nSPS) is 10.8. The summed E-state index contributed by atoms with van der Waals surface area (Å²) in [5.74, 6) is 0.920. The highest BCUT2D eigenvalue weighted by Crippen LogP contribution is 2.25. The molecular formula is C13H15BrN2O. The lowest BCUT2D eigenvalue weighted by atomic mass is 10.1. The summed E-state index contributed by atoms with van der Waals surface area (Å²) in [6, 6.07) is 8.25. The Morgan fingerprint density at radius 1 is 1.41 bits per heavy atom. The number of hydrogen-bond acceptors (Lipinski definition) is 2. The predicted molar refractivity (Wildman–Crippen MR) is 71.9 cm³/mol. The highest BCUT2D eigenvalue weighted by Gasteiger charge is 2.13. The average Bonchev–Trinajstić information content (AvgIpc) is 2.57. The zero-order valence-electron chi connectivity index (χ0n) is 9.94. The lowest BCUT2D eigenvalue weighted by Gasteiger charge is -2.05. The Labute approximate surface area is 109 Å². The van der Waals surface area contributed by atoms with Gasteiger partial charge in [0.1, 0.15) is 10.4 Å². The van der Waals surface area contributed by atoms with Crippen LogP contribution >= 0.6 is 15.9 Å². The van der Waals surface area contributed by atoms with Gasteiger partial charge < -0.3 is 9.67 Å². The molecule has 2 aromatic rings. The quantitative estimate of drug-likeness (QED) is 0.945. The van der Waals surface area contributed by atoms with Crippen molar-refractivity contribution in [2.24, 2.45) is 7.05 Å². The van der Waals surface area contributed by atoms with Crippen molar-refractivity contribution < 1.29 is 5.11 Å². The van der Waals surface area contributed by atoms with Gasteiger partial charge in [-0.25, -0.2) is 4.98 Å². The first-order valence-electron chi connectivity index (χ1n) is 5.52. The summed E-state index contributed by atoms with van der Waals surface area (Å²) in [6.45, 7) is 2.20. The van der Waals surface area contributed by atoms with E-state index in [2.05, 4.69) is 40.0 Å². The van der Waals surface area contributed by atoms with Gasteiger partial charge in [0.2, 0.25) is 0 Å². The third-order valence-corrected chi connectivity index (χ3v) is 3.42. The molecule has 0 aliphatic heterocycles. The molecule has 1 N–H and O–H groups in total. The molecule has 1 aromatic carbocycles. The Morgan fingerprint density at radius 2 is 2.18 bits per heavy atom. The van der Waals surface area contributed by atoms with E-state index < -0.39 is 0 Å². The Morgan fingerprint density at radius 3 is 2.82 bits per heavy atom. The molecule has 90 valence electrons. The monoisotopic (exact) mass is 294 g/mol. The van der Waals surface area contributed by atoms with E-state index in [1.54, 1.807) is 0 Å². The van der Waals surface area contributed by atoms with E-state index >= 15 is 0 Å². The highest BCUT2D eigenvalue weighted by molar-refractivity contribution is 9.10. The van der Waals surface area contributed by atoms with Gasteiger partial charge in [0, 0.05) is 25.6 Å². The van der Waals surface area contributed by atoms with Crippen LogP contribution in [-0.4, -0.2) is 21.3 Å². The maximum absolute atomic E-state index is 9.03. The third-order valence-electron chi connectivity index (χ3n) is 2.79. The number of hydrogen-bond donors (Lipinski definition) is 1. The van der Waals surface area contributed by atoms with Crippen LogP contribution in [0.3, 0.4) is 0 Å². The molecule has 0 saturated carbocycles. The Balaban J connectivity index is 2.50. The molecule has 1 heterocycles. The molecule has 0 amide bonds. The van der Waals surface area contributed by atoms with E-state index in [1.165, 1.54) is 5.56 Å². The lowest BCUT2D eigenvalue weighted by Crippen LogP contribution is -2.01. The minimum Gasteiger partial charge on any atom is -0.396 e. The molecule has 0 unspecified atom stereocenters. The standard InChI is InChI=1S/C13H15BrN2O/c1-9-4-3-5-10(8-9)13-15-12(14)11(6-7-17)16(13)2/h3-5,8,17H,6-7H2,1-2H3. The van der Waals surface area contributed by atoms with Crippen molar-refractivity contribution in [3.63, 3.8) is 0 Å². The second-order valence-corrected chi connectivity index (χ2v) is 4.83. The van der Waals surface area contributed by atoms with Crippen LogP contribution in [0.4, 0.5) is 0 Å². The Kier molecular flexibility index (Phi) is 3.64. The van der Waals surface area contributed by atoms with Gasteiger partial charge in [0.05, 0.1) is 5.69 Å². The zero-order valence-corrected chi connectivity index (χ0v) is 11.5. The maximum atomic E-state index is 9.03. The predicted octanol–water partition coefficient (Wildman–Crippen LogP) is 2.69. The summed E-state index contributed by atoms with van der Waals surface area (Å²) in [4.78, 5) is 4.51. The van der Waals surface area contributed by atoms with Gasteiger partial charge in [0.15, 0.2) is 0 Å². The van der Waals surface area contributed by atoms with Crippen LogP contribution in [0.15, 0.2) is 28.9 Å². The summed E-state index contributed by atoms with van der Waals surface area (Å²) in [6.07, 6.45) is 0.607. The number of benzene rings is 1. The van der Waals surface area contributed by atoms with Gasteiger partial charge in [-0.15, -0.1) is 0 Å². The molecule has 3 nitrogen and oxygen atoms in total. The Hall–Kier alpha value is -1.13.